The van der Waals surface area contributed by atoms with Crippen molar-refractivity contribution < 1.29 is 32.9 Å². The van der Waals surface area contributed by atoms with Gasteiger partial charge in [0, 0.05) is 6.42 Å². The summed E-state index contributed by atoms with van der Waals surface area (Å²) in [5.41, 5.74) is 0. The summed E-state index contributed by atoms with van der Waals surface area (Å²) in [6.45, 7) is 4.73. The quantitative estimate of drug-likeness (QED) is 0.0579. The summed E-state index contributed by atoms with van der Waals surface area (Å²) in [6, 6.07) is -0.746. The lowest BCUT2D eigenvalue weighted by atomic mass is 10.0. The van der Waals surface area contributed by atoms with Gasteiger partial charge < -0.3 is 19.8 Å². The molecule has 0 aliphatic rings. The molecule has 38 heavy (non-hydrogen) atoms. The fraction of sp³-hybridized carbons (Fsp3) is 0.966. The van der Waals surface area contributed by atoms with Crippen LogP contribution in [0.1, 0.15) is 129 Å². The van der Waals surface area contributed by atoms with Crippen LogP contribution in [0.15, 0.2) is 0 Å². The van der Waals surface area contributed by atoms with Crippen LogP contribution < -0.4 is 5.32 Å². The van der Waals surface area contributed by atoms with Gasteiger partial charge in [0.1, 0.15) is 13.2 Å². The van der Waals surface area contributed by atoms with Gasteiger partial charge in [0.05, 0.1) is 39.9 Å². The number of amides is 1. The molecule has 0 aliphatic heterocycles. The Labute approximate surface area is 234 Å². The molecule has 0 fully saturated rings. The zero-order valence-corrected chi connectivity index (χ0v) is 26.3. The number of phosphoric ester groups is 1. The fourth-order valence-electron chi connectivity index (χ4n) is 4.28. The van der Waals surface area contributed by atoms with Gasteiger partial charge in [0.2, 0.25) is 5.91 Å². The Hall–Kier alpha value is -0.500. The van der Waals surface area contributed by atoms with E-state index in [1.807, 2.05) is 21.1 Å². The third kappa shape index (κ3) is 24.5. The Bertz CT molecular complexity index is 614. The van der Waals surface area contributed by atoms with Gasteiger partial charge in [0.15, 0.2) is 0 Å². The minimum atomic E-state index is -4.27. The molecule has 0 saturated carbocycles. The largest absolute Gasteiger partial charge is 0.472 e. The van der Waals surface area contributed by atoms with Crippen molar-refractivity contribution in [2.24, 2.45) is 0 Å². The Morgan fingerprint density at radius 3 is 1.76 bits per heavy atom. The molecule has 0 aromatic rings. The first-order valence-electron chi connectivity index (χ1n) is 15.4. The van der Waals surface area contributed by atoms with E-state index in [-0.39, 0.29) is 19.1 Å². The number of hydrogen-bond acceptors (Lipinski definition) is 5. The number of aliphatic hydroxyl groups excluding tert-OH is 1. The van der Waals surface area contributed by atoms with E-state index in [2.05, 4.69) is 19.2 Å². The average molecular weight is 566 g/mol. The average Bonchev–Trinajstić information content (AvgIpc) is 2.84. The minimum Gasteiger partial charge on any atom is -0.391 e. The Kier molecular flexibility index (Phi) is 22.9. The van der Waals surface area contributed by atoms with Crippen LogP contribution in [0.25, 0.3) is 0 Å². The molecular weight excluding hydrogens is 503 g/mol. The highest BCUT2D eigenvalue weighted by molar-refractivity contribution is 7.47. The van der Waals surface area contributed by atoms with Crippen molar-refractivity contribution in [3.05, 3.63) is 0 Å². The van der Waals surface area contributed by atoms with Crippen molar-refractivity contribution in [3.63, 3.8) is 0 Å². The van der Waals surface area contributed by atoms with E-state index in [1.165, 1.54) is 57.8 Å². The number of rotatable bonds is 27. The second kappa shape index (κ2) is 23.2. The molecule has 0 spiro atoms. The predicted octanol–water partition coefficient (Wildman–Crippen LogP) is 6.73. The Morgan fingerprint density at radius 2 is 1.26 bits per heavy atom. The number of phosphoric acid groups is 1. The van der Waals surface area contributed by atoms with E-state index in [0.29, 0.717) is 23.9 Å². The molecule has 0 aliphatic carbocycles. The van der Waals surface area contributed by atoms with Crippen LogP contribution >= 0.6 is 7.82 Å². The minimum absolute atomic E-state index is 0.0762. The number of carbonyl (C=O) groups excluding carboxylic acids is 1. The molecule has 3 unspecified atom stereocenters. The number of unbranched alkanes of at least 4 members (excludes halogenated alkanes) is 14. The molecule has 0 bridgehead atoms. The van der Waals surface area contributed by atoms with Crippen LogP contribution in [-0.4, -0.2) is 73.4 Å². The maximum atomic E-state index is 12.6. The van der Waals surface area contributed by atoms with E-state index >= 15 is 0 Å². The van der Waals surface area contributed by atoms with Crippen molar-refractivity contribution >= 4 is 13.7 Å². The van der Waals surface area contributed by atoms with Crippen LogP contribution in [0.5, 0.6) is 0 Å². The molecule has 0 saturated heterocycles. The third-order valence-electron chi connectivity index (χ3n) is 6.86. The maximum absolute atomic E-state index is 12.6. The molecular formula is C29H62N2O6P+. The summed E-state index contributed by atoms with van der Waals surface area (Å²) < 4.78 is 23.2. The van der Waals surface area contributed by atoms with Crippen LogP contribution in [0.4, 0.5) is 0 Å². The number of hydrogen-bond donors (Lipinski definition) is 3. The SMILES string of the molecule is CCCCCCCCCCCCCCC(=O)NC(COP(=O)(O)OCC[N+](C)(C)C)C(O)CCCCCC. The van der Waals surface area contributed by atoms with Crippen molar-refractivity contribution in [3.8, 4) is 0 Å². The highest BCUT2D eigenvalue weighted by Crippen LogP contribution is 2.43. The highest BCUT2D eigenvalue weighted by Gasteiger charge is 2.28. The number of aliphatic hydroxyl groups is 1. The predicted molar refractivity (Wildman–Crippen MR) is 157 cm³/mol. The number of nitrogens with one attached hydrogen (secondary N) is 1. The van der Waals surface area contributed by atoms with E-state index in [4.69, 9.17) is 9.05 Å². The number of carbonyl (C=O) groups is 1. The van der Waals surface area contributed by atoms with Gasteiger partial charge >= 0.3 is 7.82 Å². The van der Waals surface area contributed by atoms with Crippen LogP contribution in [0.2, 0.25) is 0 Å². The fourth-order valence-corrected chi connectivity index (χ4v) is 5.01. The van der Waals surface area contributed by atoms with E-state index in [1.54, 1.807) is 0 Å². The molecule has 3 atom stereocenters. The van der Waals surface area contributed by atoms with Gasteiger partial charge in [-0.05, 0) is 12.8 Å². The van der Waals surface area contributed by atoms with Crippen molar-refractivity contribution in [2.45, 2.75) is 142 Å². The molecule has 0 aromatic heterocycles. The monoisotopic (exact) mass is 565 g/mol. The third-order valence-corrected chi connectivity index (χ3v) is 7.84. The molecule has 0 aromatic carbocycles. The van der Waals surface area contributed by atoms with Crippen LogP contribution in [0, 0.1) is 0 Å². The summed E-state index contributed by atoms with van der Waals surface area (Å²) in [6.07, 6.45) is 18.8. The molecule has 0 heterocycles. The number of nitrogens with zero attached hydrogens (tertiary/aromatic N) is 1. The van der Waals surface area contributed by atoms with Crippen molar-refractivity contribution in [1.82, 2.24) is 5.32 Å². The van der Waals surface area contributed by atoms with Gasteiger partial charge in [-0.3, -0.25) is 13.8 Å². The van der Waals surface area contributed by atoms with Gasteiger partial charge in [-0.2, -0.15) is 0 Å². The summed E-state index contributed by atoms with van der Waals surface area (Å²) in [5.74, 6) is -0.156. The van der Waals surface area contributed by atoms with E-state index < -0.39 is 20.0 Å². The smallest absolute Gasteiger partial charge is 0.391 e. The van der Waals surface area contributed by atoms with Crippen LogP contribution in [-0.2, 0) is 18.4 Å². The molecule has 0 radical (unpaired) electrons. The lowest BCUT2D eigenvalue weighted by Gasteiger charge is -2.26. The zero-order valence-electron chi connectivity index (χ0n) is 25.4. The first-order valence-corrected chi connectivity index (χ1v) is 16.9. The van der Waals surface area contributed by atoms with Crippen molar-refractivity contribution in [1.29, 1.82) is 0 Å². The summed E-state index contributed by atoms with van der Waals surface area (Å²) in [7, 11) is 1.61. The summed E-state index contributed by atoms with van der Waals surface area (Å²) in [4.78, 5) is 22.6. The van der Waals surface area contributed by atoms with Gasteiger partial charge in [-0.15, -0.1) is 0 Å². The second-order valence-corrected chi connectivity index (χ2v) is 13.3. The summed E-state index contributed by atoms with van der Waals surface area (Å²) in [5, 5.41) is 13.5. The Balaban J connectivity index is 4.38. The number of likely N-dealkylation sites (N-methyl/N-ethyl adjacent to an activating group) is 1. The van der Waals surface area contributed by atoms with Gasteiger partial charge in [-0.25, -0.2) is 4.57 Å². The zero-order chi connectivity index (χ0) is 28.7. The summed E-state index contributed by atoms with van der Waals surface area (Å²) >= 11 is 0. The molecule has 8 nitrogen and oxygen atoms in total. The van der Waals surface area contributed by atoms with Gasteiger partial charge in [0.25, 0.3) is 0 Å². The lowest BCUT2D eigenvalue weighted by molar-refractivity contribution is -0.870. The number of quaternary nitrogens is 1. The lowest BCUT2D eigenvalue weighted by Crippen LogP contribution is -2.46. The topological polar surface area (TPSA) is 105 Å². The first-order chi connectivity index (χ1) is 18.0. The normalized spacial score (nSPS) is 15.2. The molecule has 0 rings (SSSR count). The molecule has 1 amide bonds. The van der Waals surface area contributed by atoms with E-state index in [0.717, 1.165) is 44.9 Å². The Morgan fingerprint density at radius 1 is 0.789 bits per heavy atom. The standard InChI is InChI=1S/C29H61N2O6P/c1-6-8-10-12-13-14-15-16-17-18-19-21-23-29(33)30-27(28(32)22-20-11-9-7-2)26-37-38(34,35)36-25-24-31(3,4)5/h27-28,32H,6-26H2,1-5H3,(H-,30,33,34,35)/p+1. The molecule has 228 valence electrons. The van der Waals surface area contributed by atoms with Crippen LogP contribution in [0.3, 0.4) is 0 Å². The second-order valence-electron chi connectivity index (χ2n) is 11.8. The van der Waals surface area contributed by atoms with E-state index in [9.17, 15) is 19.4 Å². The van der Waals surface area contributed by atoms with Crippen molar-refractivity contribution in [2.75, 3.05) is 40.9 Å². The van der Waals surface area contributed by atoms with Gasteiger partial charge in [-0.1, -0.05) is 110 Å². The molecule has 9 heteroatoms. The maximum Gasteiger partial charge on any atom is 0.472 e. The first kappa shape index (κ1) is 37.5. The highest BCUT2D eigenvalue weighted by atomic mass is 31.2. The molecule has 3 N–H and O–H groups in total.